The Morgan fingerprint density at radius 2 is 1.79 bits per heavy atom. The molecule has 3 rings (SSSR count). The van der Waals surface area contributed by atoms with Crippen LogP contribution in [0, 0.1) is 6.92 Å². The van der Waals surface area contributed by atoms with Crippen LogP contribution >= 0.6 is 12.4 Å². The highest BCUT2D eigenvalue weighted by Gasteiger charge is 2.32. The number of halogens is 1. The Kier molecular flexibility index (Phi) is 7.90. The van der Waals surface area contributed by atoms with E-state index in [1.807, 2.05) is 25.8 Å². The van der Waals surface area contributed by atoms with E-state index in [0.717, 1.165) is 37.7 Å². The lowest BCUT2D eigenvalue weighted by atomic mass is 10.0. The van der Waals surface area contributed by atoms with Gasteiger partial charge in [-0.15, -0.1) is 12.4 Å². The third-order valence-electron chi connectivity index (χ3n) is 5.98. The van der Waals surface area contributed by atoms with E-state index in [1.54, 1.807) is 22.5 Å². The number of amides is 1. The molecule has 1 amide bonds. The quantitative estimate of drug-likeness (QED) is 0.798. The fourth-order valence-electron chi connectivity index (χ4n) is 4.10. The number of nitrogens with one attached hydrogen (secondary N) is 1. The smallest absolute Gasteiger partial charge is 0.254 e. The first-order valence-electron chi connectivity index (χ1n) is 9.93. The van der Waals surface area contributed by atoms with Gasteiger partial charge in [-0.05, 0) is 64.3 Å². The third kappa shape index (κ3) is 4.70. The van der Waals surface area contributed by atoms with Crippen molar-refractivity contribution in [2.45, 2.75) is 62.9 Å². The summed E-state index contributed by atoms with van der Waals surface area (Å²) in [6.45, 7) is 5.78. The van der Waals surface area contributed by atoms with Gasteiger partial charge >= 0.3 is 0 Å². The molecule has 2 aliphatic rings. The molecule has 0 bridgehead atoms. The van der Waals surface area contributed by atoms with Gasteiger partial charge in [0.2, 0.25) is 10.0 Å². The van der Waals surface area contributed by atoms with E-state index in [2.05, 4.69) is 5.32 Å². The fraction of sp³-hybridized carbons (Fsp3) is 0.650. The molecule has 0 aromatic heterocycles. The molecule has 0 saturated carbocycles. The number of piperidine rings is 2. The van der Waals surface area contributed by atoms with Gasteiger partial charge in [0.15, 0.2) is 0 Å². The number of hydrogen-bond donors (Lipinski definition) is 1. The molecule has 2 heterocycles. The zero-order valence-electron chi connectivity index (χ0n) is 17.0. The van der Waals surface area contributed by atoms with Crippen molar-refractivity contribution >= 4 is 28.3 Å². The molecule has 1 aromatic carbocycles. The number of sulfonamides is 1. The summed E-state index contributed by atoms with van der Waals surface area (Å²) in [6.07, 6.45) is 4.68. The SMILES string of the molecule is CNC1CCN(C(=O)c2cc(S(=O)(=O)N3CCCCC3C)ccc2C)CC1.Cl. The summed E-state index contributed by atoms with van der Waals surface area (Å²) in [4.78, 5) is 15.1. The van der Waals surface area contributed by atoms with Crippen LogP contribution in [0.25, 0.3) is 0 Å². The van der Waals surface area contributed by atoms with Crippen LogP contribution in [0.2, 0.25) is 0 Å². The standard InChI is InChI=1S/C20H31N3O3S.ClH/c1-15-7-8-18(27(25,26)23-11-5-4-6-16(23)2)14-19(15)20(24)22-12-9-17(21-3)10-13-22;/h7-8,14,16-17,21H,4-6,9-13H2,1-3H3;1H. The van der Waals surface area contributed by atoms with E-state index < -0.39 is 10.0 Å². The van der Waals surface area contributed by atoms with Crippen molar-refractivity contribution in [1.82, 2.24) is 14.5 Å². The summed E-state index contributed by atoms with van der Waals surface area (Å²) in [5.41, 5.74) is 1.32. The van der Waals surface area contributed by atoms with Crippen LogP contribution in [-0.2, 0) is 10.0 Å². The Morgan fingerprint density at radius 1 is 1.11 bits per heavy atom. The number of carbonyl (C=O) groups is 1. The minimum atomic E-state index is -3.57. The number of benzene rings is 1. The average molecular weight is 430 g/mol. The molecule has 8 heteroatoms. The highest BCUT2D eigenvalue weighted by atomic mass is 35.5. The van der Waals surface area contributed by atoms with Crippen molar-refractivity contribution in [2.75, 3.05) is 26.7 Å². The Bertz CT molecular complexity index is 792. The third-order valence-corrected chi connectivity index (χ3v) is 7.99. The minimum Gasteiger partial charge on any atom is -0.339 e. The van der Waals surface area contributed by atoms with Gasteiger partial charge in [0.1, 0.15) is 0 Å². The molecule has 2 aliphatic heterocycles. The van der Waals surface area contributed by atoms with E-state index in [1.165, 1.54) is 0 Å². The van der Waals surface area contributed by atoms with E-state index in [-0.39, 0.29) is 29.3 Å². The average Bonchev–Trinajstić information content (AvgIpc) is 2.68. The zero-order valence-corrected chi connectivity index (χ0v) is 18.6. The highest BCUT2D eigenvalue weighted by molar-refractivity contribution is 7.89. The minimum absolute atomic E-state index is 0. The first-order valence-corrected chi connectivity index (χ1v) is 11.4. The summed E-state index contributed by atoms with van der Waals surface area (Å²) >= 11 is 0. The van der Waals surface area contributed by atoms with Crippen LogP contribution in [-0.4, -0.2) is 62.3 Å². The van der Waals surface area contributed by atoms with Gasteiger partial charge < -0.3 is 10.2 Å². The van der Waals surface area contributed by atoms with E-state index in [4.69, 9.17) is 0 Å². The lowest BCUT2D eigenvalue weighted by molar-refractivity contribution is 0.0706. The van der Waals surface area contributed by atoms with Crippen LogP contribution < -0.4 is 5.32 Å². The molecule has 1 N–H and O–H groups in total. The van der Waals surface area contributed by atoms with Crippen molar-refractivity contribution < 1.29 is 13.2 Å². The van der Waals surface area contributed by atoms with Gasteiger partial charge in [-0.1, -0.05) is 12.5 Å². The van der Waals surface area contributed by atoms with Gasteiger partial charge in [-0.25, -0.2) is 8.42 Å². The first-order chi connectivity index (χ1) is 12.8. The molecule has 1 atom stereocenters. The predicted octanol–water partition coefficient (Wildman–Crippen LogP) is 2.80. The predicted molar refractivity (Wildman–Crippen MR) is 114 cm³/mol. The molecule has 158 valence electrons. The van der Waals surface area contributed by atoms with E-state index >= 15 is 0 Å². The van der Waals surface area contributed by atoms with E-state index in [9.17, 15) is 13.2 Å². The van der Waals surface area contributed by atoms with Gasteiger partial charge in [0.25, 0.3) is 5.91 Å². The zero-order chi connectivity index (χ0) is 19.6. The number of likely N-dealkylation sites (tertiary alicyclic amines) is 1. The fourth-order valence-corrected chi connectivity index (χ4v) is 5.82. The van der Waals surface area contributed by atoms with Crippen molar-refractivity contribution in [3.8, 4) is 0 Å². The Balaban J connectivity index is 0.00000280. The van der Waals surface area contributed by atoms with Crippen molar-refractivity contribution in [3.05, 3.63) is 29.3 Å². The molecule has 2 saturated heterocycles. The molecule has 0 spiro atoms. The topological polar surface area (TPSA) is 69.7 Å². The van der Waals surface area contributed by atoms with Crippen LogP contribution in [0.1, 0.15) is 54.9 Å². The normalized spacial score (nSPS) is 22.0. The molecular formula is C20H32ClN3O3S. The van der Waals surface area contributed by atoms with Crippen molar-refractivity contribution in [3.63, 3.8) is 0 Å². The first kappa shape index (κ1) is 23.1. The molecule has 6 nitrogen and oxygen atoms in total. The second-order valence-electron chi connectivity index (χ2n) is 7.79. The van der Waals surface area contributed by atoms with Crippen LogP contribution in [0.15, 0.2) is 23.1 Å². The Morgan fingerprint density at radius 3 is 2.39 bits per heavy atom. The summed E-state index contributed by atoms with van der Waals surface area (Å²) in [5.74, 6) is -0.0641. The summed E-state index contributed by atoms with van der Waals surface area (Å²) in [6, 6.07) is 5.43. The second-order valence-corrected chi connectivity index (χ2v) is 9.68. The Labute approximate surface area is 175 Å². The number of hydrogen-bond acceptors (Lipinski definition) is 4. The number of nitrogens with zero attached hydrogens (tertiary/aromatic N) is 2. The summed E-state index contributed by atoms with van der Waals surface area (Å²) < 4.78 is 27.9. The molecule has 0 radical (unpaired) electrons. The Hall–Kier alpha value is -1.15. The maximum Gasteiger partial charge on any atom is 0.254 e. The maximum atomic E-state index is 13.1. The summed E-state index contributed by atoms with van der Waals surface area (Å²) in [5, 5.41) is 3.26. The molecule has 1 unspecified atom stereocenters. The van der Waals surface area contributed by atoms with E-state index in [0.29, 0.717) is 31.2 Å². The van der Waals surface area contributed by atoms with Gasteiger partial charge in [0.05, 0.1) is 4.90 Å². The van der Waals surface area contributed by atoms with Crippen LogP contribution in [0.5, 0.6) is 0 Å². The lowest BCUT2D eigenvalue weighted by Gasteiger charge is -2.33. The molecular weight excluding hydrogens is 398 g/mol. The summed E-state index contributed by atoms with van der Waals surface area (Å²) in [7, 11) is -1.63. The molecule has 2 fully saturated rings. The molecule has 0 aliphatic carbocycles. The monoisotopic (exact) mass is 429 g/mol. The van der Waals surface area contributed by atoms with Crippen molar-refractivity contribution in [1.29, 1.82) is 0 Å². The number of rotatable bonds is 4. The van der Waals surface area contributed by atoms with Crippen LogP contribution in [0.3, 0.4) is 0 Å². The molecule has 1 aromatic rings. The highest BCUT2D eigenvalue weighted by Crippen LogP contribution is 2.27. The number of carbonyl (C=O) groups excluding carboxylic acids is 1. The van der Waals surface area contributed by atoms with Crippen molar-refractivity contribution in [2.24, 2.45) is 0 Å². The number of aryl methyl sites for hydroxylation is 1. The largest absolute Gasteiger partial charge is 0.339 e. The maximum absolute atomic E-state index is 13.1. The van der Waals surface area contributed by atoms with Crippen LogP contribution in [0.4, 0.5) is 0 Å². The second kappa shape index (κ2) is 9.57. The van der Waals surface area contributed by atoms with Gasteiger partial charge in [-0.2, -0.15) is 4.31 Å². The lowest BCUT2D eigenvalue weighted by Crippen LogP contribution is -2.44. The molecule has 28 heavy (non-hydrogen) atoms. The van der Waals surface area contributed by atoms with Gasteiger partial charge in [-0.3, -0.25) is 4.79 Å². The van der Waals surface area contributed by atoms with Gasteiger partial charge in [0, 0.05) is 37.3 Å².